The molecule has 1 aliphatic rings. The fraction of sp³-hybridized carbons (Fsp3) is 0. The van der Waals surface area contributed by atoms with Crippen molar-refractivity contribution in [2.24, 2.45) is 0 Å². The third kappa shape index (κ3) is 1.01. The quantitative estimate of drug-likeness (QED) is 0.522. The zero-order chi connectivity index (χ0) is 9.38. The first-order valence-corrected chi connectivity index (χ1v) is 4.42. The van der Waals surface area contributed by atoms with Crippen LogP contribution in [0.1, 0.15) is 11.4 Å². The Bertz CT molecular complexity index is 498. The molecule has 0 atom stereocenters. The van der Waals surface area contributed by atoms with Crippen molar-refractivity contribution in [2.75, 3.05) is 5.53 Å². The number of nitrogens with zero attached hydrogens (tertiary/aromatic N) is 3. The van der Waals surface area contributed by atoms with Gasteiger partial charge in [0.05, 0.1) is 6.20 Å². The molecule has 68 valence electrons. The fourth-order valence-electron chi connectivity index (χ4n) is 1.48. The molecular weight excluding hydrogens is 176 g/mol. The van der Waals surface area contributed by atoms with Crippen molar-refractivity contribution in [3.05, 3.63) is 48.3 Å². The average molecular weight is 185 g/mol. The highest BCUT2D eigenvalue weighted by atomic mass is 15.7. The van der Waals surface area contributed by atoms with Gasteiger partial charge in [-0.05, 0) is 24.3 Å². The SMILES string of the molecule is C1=Cc2cccc[n+]2Nn2cncc21. The summed E-state index contributed by atoms with van der Waals surface area (Å²) >= 11 is 0. The lowest BCUT2D eigenvalue weighted by molar-refractivity contribution is -0.657. The Morgan fingerprint density at radius 3 is 3.29 bits per heavy atom. The minimum absolute atomic E-state index is 1.04. The topological polar surface area (TPSA) is 33.7 Å². The Labute approximate surface area is 81.1 Å². The molecule has 0 aliphatic carbocycles. The molecule has 0 fully saturated rings. The van der Waals surface area contributed by atoms with Gasteiger partial charge in [-0.2, -0.15) is 0 Å². The van der Waals surface area contributed by atoms with E-state index in [-0.39, 0.29) is 0 Å². The maximum atomic E-state index is 4.05. The molecule has 0 saturated heterocycles. The first kappa shape index (κ1) is 7.32. The number of aromatic nitrogens is 3. The van der Waals surface area contributed by atoms with Crippen LogP contribution in [0.2, 0.25) is 0 Å². The number of hydrogen-bond donors (Lipinski definition) is 1. The molecule has 3 rings (SSSR count). The second-order valence-corrected chi connectivity index (χ2v) is 3.12. The molecule has 14 heavy (non-hydrogen) atoms. The Hall–Kier alpha value is -2.10. The average Bonchev–Trinajstić information content (AvgIpc) is 2.58. The van der Waals surface area contributed by atoms with E-state index < -0.39 is 0 Å². The van der Waals surface area contributed by atoms with E-state index in [1.807, 2.05) is 52.1 Å². The van der Waals surface area contributed by atoms with Crippen molar-refractivity contribution in [2.45, 2.75) is 0 Å². The van der Waals surface area contributed by atoms with E-state index in [1.165, 1.54) is 0 Å². The largest absolute Gasteiger partial charge is 0.218 e. The summed E-state index contributed by atoms with van der Waals surface area (Å²) in [6.45, 7) is 0. The van der Waals surface area contributed by atoms with Crippen LogP contribution in [0, 0.1) is 0 Å². The first-order valence-electron chi connectivity index (χ1n) is 4.42. The Kier molecular flexibility index (Phi) is 1.41. The number of rotatable bonds is 0. The molecule has 4 nitrogen and oxygen atoms in total. The van der Waals surface area contributed by atoms with Crippen LogP contribution < -0.4 is 10.2 Å². The Morgan fingerprint density at radius 2 is 2.29 bits per heavy atom. The summed E-state index contributed by atoms with van der Waals surface area (Å²) in [7, 11) is 0. The van der Waals surface area contributed by atoms with Gasteiger partial charge in [0.25, 0.3) is 0 Å². The minimum Gasteiger partial charge on any atom is -0.218 e. The minimum atomic E-state index is 1.04. The monoisotopic (exact) mass is 185 g/mol. The van der Waals surface area contributed by atoms with E-state index >= 15 is 0 Å². The van der Waals surface area contributed by atoms with E-state index in [0.717, 1.165) is 11.4 Å². The summed E-state index contributed by atoms with van der Waals surface area (Å²) in [6.07, 6.45) is 9.60. The fourth-order valence-corrected chi connectivity index (χ4v) is 1.48. The number of pyridine rings is 1. The van der Waals surface area contributed by atoms with Crippen LogP contribution >= 0.6 is 0 Å². The second kappa shape index (κ2) is 2.70. The van der Waals surface area contributed by atoms with Crippen LogP contribution in [-0.2, 0) is 0 Å². The van der Waals surface area contributed by atoms with E-state index in [1.54, 1.807) is 6.33 Å². The van der Waals surface area contributed by atoms with Crippen LogP contribution in [-0.4, -0.2) is 9.66 Å². The van der Waals surface area contributed by atoms with Crippen molar-refractivity contribution in [3.8, 4) is 0 Å². The van der Waals surface area contributed by atoms with Gasteiger partial charge in [-0.15, -0.1) is 9.35 Å². The maximum Gasteiger partial charge on any atom is 0.208 e. The van der Waals surface area contributed by atoms with Gasteiger partial charge in [0.15, 0.2) is 11.4 Å². The van der Waals surface area contributed by atoms with Gasteiger partial charge >= 0.3 is 0 Å². The lowest BCUT2D eigenvalue weighted by Gasteiger charge is -2.02. The van der Waals surface area contributed by atoms with Crippen LogP contribution in [0.5, 0.6) is 0 Å². The molecule has 0 aromatic carbocycles. The molecule has 1 aliphatic heterocycles. The molecule has 0 bridgehead atoms. The highest BCUT2D eigenvalue weighted by Gasteiger charge is 2.11. The summed E-state index contributed by atoms with van der Waals surface area (Å²) in [5.41, 5.74) is 5.33. The lowest BCUT2D eigenvalue weighted by Crippen LogP contribution is -2.49. The highest BCUT2D eigenvalue weighted by Crippen LogP contribution is 2.06. The number of imidazole rings is 1. The Balaban J connectivity index is 2.19. The van der Waals surface area contributed by atoms with Crippen LogP contribution in [0.15, 0.2) is 36.9 Å². The molecule has 1 N–H and O–H groups in total. The normalized spacial score (nSPS) is 12.6. The van der Waals surface area contributed by atoms with E-state index in [0.29, 0.717) is 0 Å². The van der Waals surface area contributed by atoms with Gasteiger partial charge in [-0.25, -0.2) is 4.98 Å². The van der Waals surface area contributed by atoms with E-state index in [4.69, 9.17) is 0 Å². The van der Waals surface area contributed by atoms with Gasteiger partial charge in [-0.3, -0.25) is 0 Å². The van der Waals surface area contributed by atoms with Gasteiger partial charge in [-0.1, -0.05) is 11.6 Å². The first-order chi connectivity index (χ1) is 6.93. The molecule has 2 aromatic rings. The smallest absolute Gasteiger partial charge is 0.208 e. The van der Waals surface area contributed by atoms with E-state index in [2.05, 4.69) is 10.5 Å². The van der Waals surface area contributed by atoms with Crippen molar-refractivity contribution in [1.29, 1.82) is 0 Å². The summed E-state index contributed by atoms with van der Waals surface area (Å²) in [6, 6.07) is 6.03. The molecule has 0 saturated carbocycles. The molecule has 3 heterocycles. The third-order valence-corrected chi connectivity index (χ3v) is 2.20. The molecule has 0 amide bonds. The third-order valence-electron chi connectivity index (χ3n) is 2.20. The zero-order valence-electron chi connectivity index (χ0n) is 7.46. The van der Waals surface area contributed by atoms with Gasteiger partial charge in [0.1, 0.15) is 6.20 Å². The predicted molar refractivity (Wildman–Crippen MR) is 52.6 cm³/mol. The molecular formula is C10H9N4+. The molecule has 0 unspecified atom stereocenters. The van der Waals surface area contributed by atoms with Crippen LogP contribution in [0.25, 0.3) is 12.2 Å². The summed E-state index contributed by atoms with van der Waals surface area (Å²) in [4.78, 5) is 4.05. The van der Waals surface area contributed by atoms with Gasteiger partial charge in [0.2, 0.25) is 6.33 Å². The van der Waals surface area contributed by atoms with Crippen LogP contribution in [0.3, 0.4) is 0 Å². The second-order valence-electron chi connectivity index (χ2n) is 3.12. The molecule has 4 heteroatoms. The molecule has 2 aromatic heterocycles. The Morgan fingerprint density at radius 1 is 1.29 bits per heavy atom. The predicted octanol–water partition coefficient (Wildman–Crippen LogP) is 0.661. The standard InChI is InChI=1S/C10H9N4/c1-2-6-13-9(3-1)4-5-10-7-11-8-14(10)12-13/h1-8,12H/q+1. The van der Waals surface area contributed by atoms with Crippen molar-refractivity contribution >= 4 is 12.2 Å². The van der Waals surface area contributed by atoms with Gasteiger partial charge in [0, 0.05) is 0 Å². The van der Waals surface area contributed by atoms with E-state index in [9.17, 15) is 0 Å². The highest BCUT2D eigenvalue weighted by molar-refractivity contribution is 5.65. The van der Waals surface area contributed by atoms with Gasteiger partial charge < -0.3 is 0 Å². The van der Waals surface area contributed by atoms with Crippen LogP contribution in [0.4, 0.5) is 0 Å². The number of nitrogens with one attached hydrogen (secondary N) is 1. The summed E-state index contributed by atoms with van der Waals surface area (Å²) in [5, 5.41) is 0. The summed E-state index contributed by atoms with van der Waals surface area (Å²) < 4.78 is 3.81. The number of hydrogen-bond acceptors (Lipinski definition) is 2. The molecule has 0 spiro atoms. The zero-order valence-corrected chi connectivity index (χ0v) is 7.46. The molecule has 0 radical (unpaired) electrons. The van der Waals surface area contributed by atoms with Crippen molar-refractivity contribution in [3.63, 3.8) is 0 Å². The van der Waals surface area contributed by atoms with Crippen molar-refractivity contribution < 1.29 is 4.68 Å². The lowest BCUT2D eigenvalue weighted by atomic mass is 10.3. The maximum absolute atomic E-state index is 4.05. The number of fused-ring (bicyclic) bond motifs is 2. The van der Waals surface area contributed by atoms with Crippen molar-refractivity contribution in [1.82, 2.24) is 9.66 Å². The summed E-state index contributed by atoms with van der Waals surface area (Å²) in [5.74, 6) is 0.